The molecule has 1 atom stereocenters. The molecule has 0 saturated heterocycles. The van der Waals surface area contributed by atoms with Crippen LogP contribution in [0.4, 0.5) is 5.69 Å². The van der Waals surface area contributed by atoms with Crippen molar-refractivity contribution in [3.05, 3.63) is 93.4 Å². The van der Waals surface area contributed by atoms with Crippen LogP contribution in [0.2, 0.25) is 0 Å². The van der Waals surface area contributed by atoms with Crippen LogP contribution in [-0.2, 0) is 0 Å². The number of hydrogen-bond donors (Lipinski definition) is 2. The third-order valence-corrected chi connectivity index (χ3v) is 5.55. The Labute approximate surface area is 186 Å². The summed E-state index contributed by atoms with van der Waals surface area (Å²) >= 11 is 0. The highest BCUT2D eigenvalue weighted by Crippen LogP contribution is 2.32. The molecular weight excluding hydrogens is 402 g/mol. The minimum absolute atomic E-state index is 0.0620. The van der Waals surface area contributed by atoms with Crippen molar-refractivity contribution in [2.45, 2.75) is 26.8 Å². The fourth-order valence-corrected chi connectivity index (χ4v) is 3.91. The molecular formula is C26H25N3O3. The average Bonchev–Trinajstić information content (AvgIpc) is 2.81. The summed E-state index contributed by atoms with van der Waals surface area (Å²) in [7, 11) is 1.60. The molecule has 4 rings (SSSR count). The molecule has 0 fully saturated rings. The highest BCUT2D eigenvalue weighted by Gasteiger charge is 2.20. The average molecular weight is 428 g/mol. The number of hydrogen-bond acceptors (Lipinski definition) is 5. The Bertz CT molecular complexity index is 1360. The minimum atomic E-state index is -0.226. The van der Waals surface area contributed by atoms with Crippen LogP contribution in [0.25, 0.3) is 22.3 Å². The smallest absolute Gasteiger partial charge is 0.253 e. The topological polar surface area (TPSA) is 84.2 Å². The molecule has 4 aromatic rings. The maximum absolute atomic E-state index is 13.2. The number of aromatic nitrogens is 1. The molecule has 0 spiro atoms. The van der Waals surface area contributed by atoms with Crippen LogP contribution in [0.15, 0.2) is 70.1 Å². The lowest BCUT2D eigenvalue weighted by atomic mass is 9.98. The van der Waals surface area contributed by atoms with E-state index < -0.39 is 0 Å². The zero-order valence-electron chi connectivity index (χ0n) is 18.5. The number of para-hydroxylation sites is 1. The maximum Gasteiger partial charge on any atom is 0.253 e. The summed E-state index contributed by atoms with van der Waals surface area (Å²) in [6.45, 7) is 5.72. The number of rotatable bonds is 5. The molecule has 0 bridgehead atoms. The van der Waals surface area contributed by atoms with Gasteiger partial charge in [0.2, 0.25) is 0 Å². The maximum atomic E-state index is 13.2. The Morgan fingerprint density at radius 2 is 1.88 bits per heavy atom. The van der Waals surface area contributed by atoms with Crippen LogP contribution in [0, 0.1) is 13.8 Å². The van der Waals surface area contributed by atoms with E-state index in [0.29, 0.717) is 33.5 Å². The number of amides is 1. The van der Waals surface area contributed by atoms with Crippen molar-refractivity contribution in [3.8, 4) is 11.3 Å². The second-order valence-corrected chi connectivity index (χ2v) is 7.85. The first-order valence-corrected chi connectivity index (χ1v) is 10.5. The number of pyridine rings is 1. The minimum Gasteiger partial charge on any atom is -0.455 e. The number of carbonyl (C=O) groups excluding carboxylic acids is 1. The number of fused-ring (bicyclic) bond motifs is 1. The van der Waals surface area contributed by atoms with Gasteiger partial charge in [-0.2, -0.15) is 0 Å². The molecule has 2 aromatic carbocycles. The Hall–Kier alpha value is -3.93. The van der Waals surface area contributed by atoms with Crippen LogP contribution in [0.5, 0.6) is 0 Å². The molecule has 2 heterocycles. The van der Waals surface area contributed by atoms with E-state index in [1.807, 2.05) is 56.3 Å². The predicted molar refractivity (Wildman–Crippen MR) is 127 cm³/mol. The van der Waals surface area contributed by atoms with E-state index in [9.17, 15) is 9.59 Å². The second-order valence-electron chi connectivity index (χ2n) is 7.85. The summed E-state index contributed by atoms with van der Waals surface area (Å²) < 4.78 is 6.34. The second kappa shape index (κ2) is 8.67. The van der Waals surface area contributed by atoms with E-state index in [1.54, 1.807) is 32.4 Å². The molecule has 162 valence electrons. The standard InChI is InChI=1S/C26H25N3O3/c1-15-12-20(17(3)29-22-10-6-5-9-19(22)26(31)27-4)25-21(13-15)23(30)16(2)24(32-25)18-8-7-11-28-14-18/h5-14,17,29H,1-4H3,(H,27,31)/t17-/m1/s1. The molecule has 0 saturated carbocycles. The lowest BCUT2D eigenvalue weighted by molar-refractivity contribution is 0.0964. The summed E-state index contributed by atoms with van der Waals surface area (Å²) in [5, 5.41) is 6.63. The normalized spacial score (nSPS) is 11.9. The van der Waals surface area contributed by atoms with Gasteiger partial charge in [0.1, 0.15) is 11.3 Å². The van der Waals surface area contributed by atoms with Crippen molar-refractivity contribution in [3.63, 3.8) is 0 Å². The number of aryl methyl sites for hydroxylation is 1. The third kappa shape index (κ3) is 3.87. The van der Waals surface area contributed by atoms with E-state index in [0.717, 1.165) is 16.7 Å². The van der Waals surface area contributed by atoms with Crippen molar-refractivity contribution in [2.24, 2.45) is 0 Å². The van der Waals surface area contributed by atoms with Crippen LogP contribution < -0.4 is 16.1 Å². The molecule has 0 aliphatic carbocycles. The molecule has 2 aromatic heterocycles. The van der Waals surface area contributed by atoms with Gasteiger partial charge >= 0.3 is 0 Å². The fourth-order valence-electron chi connectivity index (χ4n) is 3.91. The molecule has 0 aliphatic heterocycles. The number of nitrogens with one attached hydrogen (secondary N) is 2. The first-order valence-electron chi connectivity index (χ1n) is 10.5. The zero-order valence-corrected chi connectivity index (χ0v) is 18.5. The van der Waals surface area contributed by atoms with Gasteiger partial charge in [-0.15, -0.1) is 0 Å². The molecule has 0 radical (unpaired) electrons. The van der Waals surface area contributed by atoms with Crippen molar-refractivity contribution in [1.82, 2.24) is 10.3 Å². The van der Waals surface area contributed by atoms with Gasteiger partial charge in [-0.25, -0.2) is 0 Å². The quantitative estimate of drug-likeness (QED) is 0.468. The Morgan fingerprint density at radius 3 is 2.59 bits per heavy atom. The van der Waals surface area contributed by atoms with Gasteiger partial charge in [0.05, 0.1) is 17.0 Å². The molecule has 6 nitrogen and oxygen atoms in total. The Morgan fingerprint density at radius 1 is 1.09 bits per heavy atom. The van der Waals surface area contributed by atoms with Crippen LogP contribution in [-0.4, -0.2) is 17.9 Å². The molecule has 0 aliphatic rings. The molecule has 1 amide bonds. The summed E-state index contributed by atoms with van der Waals surface area (Å²) in [5.74, 6) is 0.342. The monoisotopic (exact) mass is 427 g/mol. The number of benzene rings is 2. The van der Waals surface area contributed by atoms with Crippen molar-refractivity contribution in [1.29, 1.82) is 0 Å². The van der Waals surface area contributed by atoms with E-state index in [4.69, 9.17) is 4.42 Å². The lowest BCUT2D eigenvalue weighted by Gasteiger charge is -2.20. The van der Waals surface area contributed by atoms with Gasteiger partial charge in [0.25, 0.3) is 5.91 Å². The van der Waals surface area contributed by atoms with Crippen molar-refractivity contribution in [2.75, 3.05) is 12.4 Å². The summed E-state index contributed by atoms with van der Waals surface area (Å²) in [5.41, 5.74) is 4.82. The Balaban J connectivity index is 1.87. The predicted octanol–water partition coefficient (Wildman–Crippen LogP) is 5.00. The first kappa shape index (κ1) is 21.3. The number of nitrogens with zero attached hydrogens (tertiary/aromatic N) is 1. The third-order valence-electron chi connectivity index (χ3n) is 5.55. The zero-order chi connectivity index (χ0) is 22.8. The van der Waals surface area contributed by atoms with Gasteiger partial charge in [0.15, 0.2) is 5.43 Å². The largest absolute Gasteiger partial charge is 0.455 e. The molecule has 6 heteroatoms. The lowest BCUT2D eigenvalue weighted by Crippen LogP contribution is -2.20. The summed E-state index contributed by atoms with van der Waals surface area (Å²) in [6.07, 6.45) is 3.37. The Kier molecular flexibility index (Phi) is 5.77. The number of anilines is 1. The van der Waals surface area contributed by atoms with Crippen LogP contribution in [0.1, 0.15) is 40.0 Å². The highest BCUT2D eigenvalue weighted by molar-refractivity contribution is 5.99. The van der Waals surface area contributed by atoms with Gasteiger partial charge < -0.3 is 15.1 Å². The first-order chi connectivity index (χ1) is 15.4. The van der Waals surface area contributed by atoms with E-state index in [2.05, 4.69) is 15.6 Å². The molecule has 32 heavy (non-hydrogen) atoms. The highest BCUT2D eigenvalue weighted by atomic mass is 16.3. The van der Waals surface area contributed by atoms with E-state index >= 15 is 0 Å². The van der Waals surface area contributed by atoms with Crippen LogP contribution >= 0.6 is 0 Å². The van der Waals surface area contributed by atoms with Gasteiger partial charge in [-0.3, -0.25) is 14.6 Å². The molecule has 2 N–H and O–H groups in total. The van der Waals surface area contributed by atoms with Crippen molar-refractivity contribution < 1.29 is 9.21 Å². The van der Waals surface area contributed by atoms with Crippen LogP contribution in [0.3, 0.4) is 0 Å². The molecule has 0 unspecified atom stereocenters. The van der Waals surface area contributed by atoms with E-state index in [1.165, 1.54) is 0 Å². The fraction of sp³-hybridized carbons (Fsp3) is 0.192. The van der Waals surface area contributed by atoms with Crippen molar-refractivity contribution >= 4 is 22.6 Å². The van der Waals surface area contributed by atoms with E-state index in [-0.39, 0.29) is 17.4 Å². The summed E-state index contributed by atoms with van der Waals surface area (Å²) in [6, 6.07) is 14.7. The van der Waals surface area contributed by atoms with Gasteiger partial charge in [-0.1, -0.05) is 18.2 Å². The van der Waals surface area contributed by atoms with Gasteiger partial charge in [0, 0.05) is 41.8 Å². The van der Waals surface area contributed by atoms with Gasteiger partial charge in [-0.05, 0) is 56.7 Å². The summed E-state index contributed by atoms with van der Waals surface area (Å²) in [4.78, 5) is 29.7. The SMILES string of the molecule is CNC(=O)c1ccccc1N[C@H](C)c1cc(C)cc2c(=O)c(C)c(-c3cccnc3)oc12. The number of carbonyl (C=O) groups is 1.